The van der Waals surface area contributed by atoms with E-state index in [0.29, 0.717) is 28.0 Å². The van der Waals surface area contributed by atoms with E-state index in [1.165, 1.54) is 0 Å². The number of aromatic nitrogens is 1. The van der Waals surface area contributed by atoms with Crippen LogP contribution in [0.3, 0.4) is 0 Å². The van der Waals surface area contributed by atoms with E-state index < -0.39 is 10.8 Å². The SMILES string of the molecule is Cc1nc(CS(=O)Cc2cc(Cl)c3c(c2)OCO3)cs1. The Morgan fingerprint density at radius 1 is 1.40 bits per heavy atom. The van der Waals surface area contributed by atoms with Crippen LogP contribution in [0.4, 0.5) is 0 Å². The summed E-state index contributed by atoms with van der Waals surface area (Å²) < 4.78 is 22.7. The first kappa shape index (κ1) is 13.9. The molecular weight excluding hydrogens is 318 g/mol. The summed E-state index contributed by atoms with van der Waals surface area (Å²) in [4.78, 5) is 4.32. The molecule has 0 saturated carbocycles. The highest BCUT2D eigenvalue weighted by Gasteiger charge is 2.19. The molecule has 0 spiro atoms. The standard InChI is InChI=1S/C13H12ClNO3S2/c1-8-15-10(4-19-8)6-20(16)5-9-2-11(14)13-12(3-9)17-7-18-13/h2-4H,5-7H2,1H3. The lowest BCUT2D eigenvalue weighted by molar-refractivity contribution is 0.174. The van der Waals surface area contributed by atoms with E-state index >= 15 is 0 Å². The van der Waals surface area contributed by atoms with Gasteiger partial charge >= 0.3 is 0 Å². The fourth-order valence-corrected chi connectivity index (χ4v) is 4.10. The number of nitrogens with zero attached hydrogens (tertiary/aromatic N) is 1. The third kappa shape index (κ3) is 2.97. The van der Waals surface area contributed by atoms with Crippen LogP contribution in [0.15, 0.2) is 17.5 Å². The number of hydrogen-bond acceptors (Lipinski definition) is 5. The summed E-state index contributed by atoms with van der Waals surface area (Å²) in [7, 11) is -1.02. The van der Waals surface area contributed by atoms with E-state index in [2.05, 4.69) is 4.98 Å². The molecule has 0 bridgehead atoms. The Labute approximate surface area is 128 Å². The Bertz CT molecular complexity index is 672. The first-order valence-electron chi connectivity index (χ1n) is 5.96. The Kier molecular flexibility index (Phi) is 3.96. The molecular formula is C13H12ClNO3S2. The van der Waals surface area contributed by atoms with Gasteiger partial charge in [0.25, 0.3) is 0 Å². The molecule has 0 amide bonds. The molecule has 0 radical (unpaired) electrons. The van der Waals surface area contributed by atoms with Gasteiger partial charge in [0.2, 0.25) is 6.79 Å². The van der Waals surface area contributed by atoms with Gasteiger partial charge in [0.05, 0.1) is 21.5 Å². The number of aryl methyl sites for hydroxylation is 1. The summed E-state index contributed by atoms with van der Waals surface area (Å²) in [6, 6.07) is 3.61. The summed E-state index contributed by atoms with van der Waals surface area (Å²) >= 11 is 7.68. The van der Waals surface area contributed by atoms with Crippen molar-refractivity contribution in [3.05, 3.63) is 38.8 Å². The predicted molar refractivity (Wildman–Crippen MR) is 80.0 cm³/mol. The van der Waals surface area contributed by atoms with Crippen molar-refractivity contribution in [2.24, 2.45) is 0 Å². The maximum absolute atomic E-state index is 12.2. The highest BCUT2D eigenvalue weighted by atomic mass is 35.5. The second-order valence-corrected chi connectivity index (χ2v) is 7.32. The molecule has 3 rings (SSSR count). The lowest BCUT2D eigenvalue weighted by atomic mass is 10.2. The maximum Gasteiger partial charge on any atom is 0.231 e. The molecule has 1 atom stereocenters. The van der Waals surface area contributed by atoms with E-state index in [1.54, 1.807) is 17.4 Å². The number of thiazole rings is 1. The van der Waals surface area contributed by atoms with Crippen molar-refractivity contribution in [3.8, 4) is 11.5 Å². The molecule has 1 aromatic heterocycles. The normalized spacial score (nSPS) is 14.5. The quantitative estimate of drug-likeness (QED) is 0.863. The van der Waals surface area contributed by atoms with Crippen LogP contribution < -0.4 is 9.47 Å². The van der Waals surface area contributed by atoms with Crippen LogP contribution >= 0.6 is 22.9 Å². The van der Waals surface area contributed by atoms with Crippen molar-refractivity contribution in [3.63, 3.8) is 0 Å². The third-order valence-electron chi connectivity index (χ3n) is 2.79. The van der Waals surface area contributed by atoms with Crippen molar-refractivity contribution >= 4 is 33.7 Å². The van der Waals surface area contributed by atoms with Gasteiger partial charge in [0, 0.05) is 21.9 Å². The Hall–Kier alpha value is -1.11. The number of halogens is 1. The fraction of sp³-hybridized carbons (Fsp3) is 0.308. The molecule has 2 heterocycles. The molecule has 1 aliphatic heterocycles. The summed E-state index contributed by atoms with van der Waals surface area (Å²) in [6.45, 7) is 2.12. The zero-order valence-corrected chi connectivity index (χ0v) is 13.1. The van der Waals surface area contributed by atoms with Crippen LogP contribution in [-0.2, 0) is 22.3 Å². The summed E-state index contributed by atoms with van der Waals surface area (Å²) in [6.07, 6.45) is 0. The Morgan fingerprint density at radius 3 is 3.00 bits per heavy atom. The van der Waals surface area contributed by atoms with Gasteiger partial charge in [-0.25, -0.2) is 4.98 Å². The smallest absolute Gasteiger partial charge is 0.231 e. The molecule has 1 aliphatic rings. The zero-order valence-electron chi connectivity index (χ0n) is 10.7. The largest absolute Gasteiger partial charge is 0.454 e. The fourth-order valence-electron chi connectivity index (χ4n) is 1.98. The lowest BCUT2D eigenvalue weighted by Crippen LogP contribution is -2.00. The van der Waals surface area contributed by atoms with Gasteiger partial charge in [-0.3, -0.25) is 4.21 Å². The summed E-state index contributed by atoms with van der Waals surface area (Å²) in [5, 5.41) is 3.43. The van der Waals surface area contributed by atoms with E-state index in [-0.39, 0.29) is 6.79 Å². The van der Waals surface area contributed by atoms with E-state index in [0.717, 1.165) is 16.3 Å². The van der Waals surface area contributed by atoms with Crippen LogP contribution in [0.25, 0.3) is 0 Å². The van der Waals surface area contributed by atoms with Crippen molar-refractivity contribution in [2.75, 3.05) is 6.79 Å². The molecule has 0 saturated heterocycles. The molecule has 1 unspecified atom stereocenters. The first-order chi connectivity index (χ1) is 9.61. The van der Waals surface area contributed by atoms with Crippen LogP contribution in [0.1, 0.15) is 16.3 Å². The topological polar surface area (TPSA) is 48.4 Å². The highest BCUT2D eigenvalue weighted by Crippen LogP contribution is 2.40. The van der Waals surface area contributed by atoms with Gasteiger partial charge in [-0.2, -0.15) is 0 Å². The Morgan fingerprint density at radius 2 is 2.25 bits per heavy atom. The van der Waals surface area contributed by atoms with Gasteiger partial charge < -0.3 is 9.47 Å². The second kappa shape index (κ2) is 5.71. The summed E-state index contributed by atoms with van der Waals surface area (Å²) in [5.41, 5.74) is 1.75. The van der Waals surface area contributed by atoms with Gasteiger partial charge in [0.15, 0.2) is 11.5 Å². The molecule has 20 heavy (non-hydrogen) atoms. The summed E-state index contributed by atoms with van der Waals surface area (Å²) in [5.74, 6) is 2.06. The average molecular weight is 330 g/mol. The minimum Gasteiger partial charge on any atom is -0.454 e. The van der Waals surface area contributed by atoms with Gasteiger partial charge in [-0.05, 0) is 24.6 Å². The van der Waals surface area contributed by atoms with Crippen LogP contribution in [0.5, 0.6) is 11.5 Å². The zero-order chi connectivity index (χ0) is 14.1. The minimum atomic E-state index is -1.02. The first-order valence-corrected chi connectivity index (χ1v) is 8.70. The molecule has 2 aromatic rings. The highest BCUT2D eigenvalue weighted by molar-refractivity contribution is 7.83. The average Bonchev–Trinajstić information content (AvgIpc) is 2.98. The molecule has 7 heteroatoms. The molecule has 0 aliphatic carbocycles. The van der Waals surface area contributed by atoms with Crippen molar-refractivity contribution in [1.29, 1.82) is 0 Å². The Balaban J connectivity index is 1.71. The third-order valence-corrected chi connectivity index (χ3v) is 5.17. The second-order valence-electron chi connectivity index (χ2n) is 4.40. The number of benzene rings is 1. The van der Waals surface area contributed by atoms with Crippen molar-refractivity contribution in [2.45, 2.75) is 18.4 Å². The lowest BCUT2D eigenvalue weighted by Gasteiger charge is -2.05. The molecule has 0 N–H and O–H groups in total. The van der Waals surface area contributed by atoms with E-state index in [1.807, 2.05) is 18.4 Å². The number of rotatable bonds is 4. The van der Waals surface area contributed by atoms with E-state index in [9.17, 15) is 4.21 Å². The minimum absolute atomic E-state index is 0.180. The van der Waals surface area contributed by atoms with Crippen LogP contribution in [0, 0.1) is 6.92 Å². The molecule has 0 fully saturated rings. The van der Waals surface area contributed by atoms with E-state index in [4.69, 9.17) is 21.1 Å². The molecule has 106 valence electrons. The van der Waals surface area contributed by atoms with Gasteiger partial charge in [-0.1, -0.05) is 11.6 Å². The number of hydrogen-bond donors (Lipinski definition) is 0. The van der Waals surface area contributed by atoms with Gasteiger partial charge in [-0.15, -0.1) is 11.3 Å². The molecule has 1 aromatic carbocycles. The van der Waals surface area contributed by atoms with Crippen molar-refractivity contribution < 1.29 is 13.7 Å². The predicted octanol–water partition coefficient (Wildman–Crippen LogP) is 3.28. The van der Waals surface area contributed by atoms with Crippen molar-refractivity contribution in [1.82, 2.24) is 4.98 Å². The van der Waals surface area contributed by atoms with Gasteiger partial charge in [0.1, 0.15) is 0 Å². The maximum atomic E-state index is 12.2. The number of fused-ring (bicyclic) bond motifs is 1. The van der Waals surface area contributed by atoms with Crippen LogP contribution in [-0.4, -0.2) is 16.0 Å². The number of ether oxygens (including phenoxy) is 2. The van der Waals surface area contributed by atoms with Crippen LogP contribution in [0.2, 0.25) is 5.02 Å². The molecule has 4 nitrogen and oxygen atoms in total. The monoisotopic (exact) mass is 329 g/mol.